The van der Waals surface area contributed by atoms with Gasteiger partial charge in [0.05, 0.1) is 6.10 Å². The SMILES string of the molecule is C=CC(O)c1c(Cl)cccc1Cl. The highest BCUT2D eigenvalue weighted by atomic mass is 35.5. The molecule has 1 rings (SSSR count). The third kappa shape index (κ3) is 1.81. The first-order valence-electron chi connectivity index (χ1n) is 3.41. The molecule has 1 aromatic carbocycles. The fourth-order valence-electron chi connectivity index (χ4n) is 0.911. The molecule has 1 atom stereocenters. The van der Waals surface area contributed by atoms with Gasteiger partial charge in [-0.1, -0.05) is 35.3 Å². The van der Waals surface area contributed by atoms with E-state index in [0.717, 1.165) is 0 Å². The zero-order chi connectivity index (χ0) is 9.14. The zero-order valence-electron chi connectivity index (χ0n) is 6.30. The Morgan fingerprint density at radius 3 is 2.25 bits per heavy atom. The van der Waals surface area contributed by atoms with Crippen molar-refractivity contribution in [2.24, 2.45) is 0 Å². The van der Waals surface area contributed by atoms with Crippen LogP contribution in [0.1, 0.15) is 11.7 Å². The predicted octanol–water partition coefficient (Wildman–Crippen LogP) is 3.21. The van der Waals surface area contributed by atoms with Crippen molar-refractivity contribution < 1.29 is 5.11 Å². The van der Waals surface area contributed by atoms with Gasteiger partial charge in [-0.25, -0.2) is 0 Å². The van der Waals surface area contributed by atoms with Crippen LogP contribution >= 0.6 is 23.2 Å². The lowest BCUT2D eigenvalue weighted by molar-refractivity contribution is 0.229. The van der Waals surface area contributed by atoms with Crippen LogP contribution in [0.3, 0.4) is 0 Å². The van der Waals surface area contributed by atoms with Gasteiger partial charge in [0.25, 0.3) is 0 Å². The Morgan fingerprint density at radius 1 is 1.33 bits per heavy atom. The van der Waals surface area contributed by atoms with E-state index in [1.807, 2.05) is 0 Å². The van der Waals surface area contributed by atoms with Gasteiger partial charge < -0.3 is 5.11 Å². The van der Waals surface area contributed by atoms with Gasteiger partial charge in [-0.3, -0.25) is 0 Å². The van der Waals surface area contributed by atoms with Gasteiger partial charge in [-0.2, -0.15) is 0 Å². The van der Waals surface area contributed by atoms with E-state index in [-0.39, 0.29) is 0 Å². The van der Waals surface area contributed by atoms with Crippen LogP contribution in [0.25, 0.3) is 0 Å². The molecule has 0 spiro atoms. The van der Waals surface area contributed by atoms with E-state index in [4.69, 9.17) is 23.2 Å². The molecule has 0 aliphatic rings. The largest absolute Gasteiger partial charge is 0.384 e. The second-order valence-corrected chi connectivity index (χ2v) is 3.13. The lowest BCUT2D eigenvalue weighted by atomic mass is 10.1. The van der Waals surface area contributed by atoms with Crippen LogP contribution in [0.5, 0.6) is 0 Å². The van der Waals surface area contributed by atoms with Gasteiger partial charge in [-0.15, -0.1) is 6.58 Å². The topological polar surface area (TPSA) is 20.2 Å². The number of rotatable bonds is 2. The summed E-state index contributed by atoms with van der Waals surface area (Å²) in [6.45, 7) is 3.45. The van der Waals surface area contributed by atoms with Crippen molar-refractivity contribution in [1.29, 1.82) is 0 Å². The van der Waals surface area contributed by atoms with E-state index in [9.17, 15) is 5.11 Å². The van der Waals surface area contributed by atoms with Crippen molar-refractivity contribution in [1.82, 2.24) is 0 Å². The Labute approximate surface area is 81.2 Å². The van der Waals surface area contributed by atoms with Crippen LogP contribution in [-0.2, 0) is 0 Å². The summed E-state index contributed by atoms with van der Waals surface area (Å²) in [6.07, 6.45) is 0.582. The summed E-state index contributed by atoms with van der Waals surface area (Å²) in [5, 5.41) is 10.3. The molecule has 0 aromatic heterocycles. The van der Waals surface area contributed by atoms with Crippen molar-refractivity contribution >= 4 is 23.2 Å². The van der Waals surface area contributed by atoms with Crippen molar-refractivity contribution in [3.05, 3.63) is 46.5 Å². The Morgan fingerprint density at radius 2 is 1.83 bits per heavy atom. The highest BCUT2D eigenvalue weighted by molar-refractivity contribution is 6.36. The minimum atomic E-state index is -0.800. The summed E-state index contributed by atoms with van der Waals surface area (Å²) >= 11 is 11.6. The number of hydrogen-bond acceptors (Lipinski definition) is 1. The van der Waals surface area contributed by atoms with Crippen molar-refractivity contribution in [2.75, 3.05) is 0 Å². The van der Waals surface area contributed by atoms with Crippen molar-refractivity contribution in [3.8, 4) is 0 Å². The molecule has 0 heterocycles. The van der Waals surface area contributed by atoms with Gasteiger partial charge in [0.2, 0.25) is 0 Å². The van der Waals surface area contributed by atoms with Crippen molar-refractivity contribution in [2.45, 2.75) is 6.10 Å². The van der Waals surface area contributed by atoms with E-state index in [0.29, 0.717) is 15.6 Å². The highest BCUT2D eigenvalue weighted by Gasteiger charge is 2.11. The van der Waals surface area contributed by atoms with E-state index >= 15 is 0 Å². The van der Waals surface area contributed by atoms with Crippen LogP contribution in [0.2, 0.25) is 10.0 Å². The molecule has 1 unspecified atom stereocenters. The molecule has 0 bridgehead atoms. The number of aliphatic hydroxyl groups excluding tert-OH is 1. The molecule has 64 valence electrons. The third-order valence-electron chi connectivity index (χ3n) is 1.52. The van der Waals surface area contributed by atoms with Gasteiger partial charge >= 0.3 is 0 Å². The molecule has 0 radical (unpaired) electrons. The van der Waals surface area contributed by atoms with Crippen LogP contribution in [0.4, 0.5) is 0 Å². The smallest absolute Gasteiger partial charge is 0.0998 e. The minimum absolute atomic E-state index is 0.454. The second-order valence-electron chi connectivity index (χ2n) is 2.32. The standard InChI is InChI=1S/C9H8Cl2O/c1-2-8(12)9-6(10)4-3-5-7(9)11/h2-5,8,12H,1H2. The number of benzene rings is 1. The van der Waals surface area contributed by atoms with Crippen LogP contribution in [0.15, 0.2) is 30.9 Å². The molecule has 0 fully saturated rings. The molecule has 12 heavy (non-hydrogen) atoms. The van der Waals surface area contributed by atoms with Gasteiger partial charge in [-0.05, 0) is 12.1 Å². The summed E-state index contributed by atoms with van der Waals surface area (Å²) in [7, 11) is 0. The van der Waals surface area contributed by atoms with E-state index < -0.39 is 6.10 Å². The quantitative estimate of drug-likeness (QED) is 0.731. The molecular formula is C9H8Cl2O. The summed E-state index contributed by atoms with van der Waals surface area (Å²) in [6, 6.07) is 5.08. The molecule has 0 amide bonds. The molecule has 3 heteroatoms. The average Bonchev–Trinajstić information content (AvgIpc) is 2.03. The second kappa shape index (κ2) is 3.94. The van der Waals surface area contributed by atoms with Crippen molar-refractivity contribution in [3.63, 3.8) is 0 Å². The highest BCUT2D eigenvalue weighted by Crippen LogP contribution is 2.30. The lowest BCUT2D eigenvalue weighted by Crippen LogP contribution is -1.94. The molecule has 0 aliphatic carbocycles. The Bertz CT molecular complexity index is 276. The molecule has 1 N–H and O–H groups in total. The maximum atomic E-state index is 9.40. The van der Waals surface area contributed by atoms with Gasteiger partial charge in [0.15, 0.2) is 0 Å². The zero-order valence-corrected chi connectivity index (χ0v) is 7.81. The third-order valence-corrected chi connectivity index (χ3v) is 2.18. The Balaban J connectivity index is 3.20. The first-order chi connectivity index (χ1) is 5.66. The number of aliphatic hydroxyl groups is 1. The summed E-state index contributed by atoms with van der Waals surface area (Å²) < 4.78 is 0. The first-order valence-corrected chi connectivity index (χ1v) is 4.17. The normalized spacial score (nSPS) is 12.6. The van der Waals surface area contributed by atoms with E-state index in [2.05, 4.69) is 6.58 Å². The summed E-state index contributed by atoms with van der Waals surface area (Å²) in [5.41, 5.74) is 0.510. The molecular weight excluding hydrogens is 195 g/mol. The molecule has 0 aliphatic heterocycles. The lowest BCUT2D eigenvalue weighted by Gasteiger charge is -2.09. The molecule has 1 nitrogen and oxygen atoms in total. The Hall–Kier alpha value is -0.500. The maximum absolute atomic E-state index is 9.40. The maximum Gasteiger partial charge on any atom is 0.0998 e. The summed E-state index contributed by atoms with van der Waals surface area (Å²) in [4.78, 5) is 0. The molecule has 0 saturated heterocycles. The van der Waals surface area contributed by atoms with E-state index in [1.54, 1.807) is 18.2 Å². The summed E-state index contributed by atoms with van der Waals surface area (Å²) in [5.74, 6) is 0. The monoisotopic (exact) mass is 202 g/mol. The van der Waals surface area contributed by atoms with Gasteiger partial charge in [0.1, 0.15) is 0 Å². The fourth-order valence-corrected chi connectivity index (χ4v) is 1.53. The van der Waals surface area contributed by atoms with Gasteiger partial charge in [0, 0.05) is 15.6 Å². The van der Waals surface area contributed by atoms with Crippen LogP contribution in [-0.4, -0.2) is 5.11 Å². The van der Waals surface area contributed by atoms with Crippen LogP contribution < -0.4 is 0 Å². The van der Waals surface area contributed by atoms with Crippen LogP contribution in [0, 0.1) is 0 Å². The number of halogens is 2. The Kier molecular flexibility index (Phi) is 3.15. The minimum Gasteiger partial charge on any atom is -0.384 e. The first kappa shape index (κ1) is 9.59. The number of hydrogen-bond donors (Lipinski definition) is 1. The average molecular weight is 203 g/mol. The van der Waals surface area contributed by atoms with E-state index in [1.165, 1.54) is 6.08 Å². The predicted molar refractivity (Wildman–Crippen MR) is 51.6 cm³/mol. The molecule has 1 aromatic rings. The molecule has 0 saturated carbocycles. The fraction of sp³-hybridized carbons (Fsp3) is 0.111.